The molecule has 0 radical (unpaired) electrons. The van der Waals surface area contributed by atoms with Gasteiger partial charge in [0.2, 0.25) is 0 Å². The molecule has 4 rings (SSSR count). The fraction of sp³-hybridized carbons (Fsp3) is 0.385. The fourth-order valence-corrected chi connectivity index (χ4v) is 5.43. The number of para-hydroxylation sites is 1. The number of carbonyl (C=O) groups excluding carboxylic acids is 1. The summed E-state index contributed by atoms with van der Waals surface area (Å²) in [6, 6.07) is 13.9. The summed E-state index contributed by atoms with van der Waals surface area (Å²) in [6.45, 7) is 8.61. The fourth-order valence-electron chi connectivity index (χ4n) is 4.20. The number of sulfonamides is 1. The molecule has 8 heteroatoms. The van der Waals surface area contributed by atoms with E-state index in [2.05, 4.69) is 26.8 Å². The van der Waals surface area contributed by atoms with Gasteiger partial charge in [-0.3, -0.25) is 14.5 Å². The molecular weight excluding hydrogens is 448 g/mol. The van der Waals surface area contributed by atoms with Crippen molar-refractivity contribution < 1.29 is 13.2 Å². The van der Waals surface area contributed by atoms with Gasteiger partial charge in [-0.15, -0.1) is 0 Å². The number of fused-ring (bicyclic) bond motifs is 1. The highest BCUT2D eigenvalue weighted by Gasteiger charge is 2.24. The van der Waals surface area contributed by atoms with E-state index in [1.807, 2.05) is 32.0 Å². The predicted octanol–water partition coefficient (Wildman–Crippen LogP) is 4.66. The maximum Gasteiger partial charge on any atom is 0.264 e. The number of piperidine rings is 1. The lowest BCUT2D eigenvalue weighted by Gasteiger charge is -2.33. The van der Waals surface area contributed by atoms with Crippen LogP contribution < -0.4 is 14.9 Å². The number of carbonyl (C=O) groups is 1. The molecule has 2 heterocycles. The molecule has 2 N–H and O–H groups in total. The van der Waals surface area contributed by atoms with Crippen LogP contribution in [0.2, 0.25) is 0 Å². The summed E-state index contributed by atoms with van der Waals surface area (Å²) in [7, 11) is -3.91. The van der Waals surface area contributed by atoms with Gasteiger partial charge in [-0.2, -0.15) is 0 Å². The number of pyridine rings is 1. The summed E-state index contributed by atoms with van der Waals surface area (Å²) in [4.78, 5) is 19.7. The van der Waals surface area contributed by atoms with E-state index < -0.39 is 10.0 Å². The molecule has 0 atom stereocenters. The standard InChI is InChI=1S/C26H32N4O3S/c1-18(2)17-28-26(31)22-16-21(9-10-23(22)30-14-11-19(3)12-15-30)29-34(32,33)24-8-4-6-20-7-5-13-27-25(20)24/h4-10,13,16,18-19,29H,11-12,14-15,17H2,1-3H3,(H,28,31). The monoisotopic (exact) mass is 480 g/mol. The summed E-state index contributed by atoms with van der Waals surface area (Å²) in [5.74, 6) is 0.772. The van der Waals surface area contributed by atoms with Crippen LogP contribution in [0.5, 0.6) is 0 Å². The average molecular weight is 481 g/mol. The minimum Gasteiger partial charge on any atom is -0.371 e. The molecule has 1 saturated heterocycles. The number of aromatic nitrogens is 1. The molecule has 0 spiro atoms. The number of hydrogen-bond acceptors (Lipinski definition) is 5. The zero-order valence-electron chi connectivity index (χ0n) is 19.9. The van der Waals surface area contributed by atoms with Gasteiger partial charge >= 0.3 is 0 Å². The van der Waals surface area contributed by atoms with Crippen molar-refractivity contribution >= 4 is 38.2 Å². The van der Waals surface area contributed by atoms with Crippen molar-refractivity contribution in [1.82, 2.24) is 10.3 Å². The summed E-state index contributed by atoms with van der Waals surface area (Å²) >= 11 is 0. The van der Waals surface area contributed by atoms with Gasteiger partial charge in [0.1, 0.15) is 4.90 Å². The minimum absolute atomic E-state index is 0.102. The van der Waals surface area contributed by atoms with E-state index in [0.29, 0.717) is 35.1 Å². The lowest BCUT2D eigenvalue weighted by Crippen LogP contribution is -2.35. The van der Waals surface area contributed by atoms with Gasteiger partial charge in [-0.25, -0.2) is 8.42 Å². The number of rotatable bonds is 7. The van der Waals surface area contributed by atoms with Crippen LogP contribution in [0.4, 0.5) is 11.4 Å². The second-order valence-corrected chi connectivity index (χ2v) is 11.1. The Morgan fingerprint density at radius 2 is 1.85 bits per heavy atom. The van der Waals surface area contributed by atoms with E-state index in [1.165, 1.54) is 6.07 Å². The normalized spacial score (nSPS) is 15.0. The maximum atomic E-state index is 13.3. The van der Waals surface area contributed by atoms with E-state index >= 15 is 0 Å². The molecule has 180 valence electrons. The largest absolute Gasteiger partial charge is 0.371 e. The summed E-state index contributed by atoms with van der Waals surface area (Å²) < 4.78 is 29.2. The van der Waals surface area contributed by atoms with E-state index in [1.54, 1.807) is 30.5 Å². The van der Waals surface area contributed by atoms with Gasteiger partial charge in [0.05, 0.1) is 11.1 Å². The van der Waals surface area contributed by atoms with E-state index in [0.717, 1.165) is 37.0 Å². The second kappa shape index (κ2) is 10.0. The molecule has 34 heavy (non-hydrogen) atoms. The zero-order chi connectivity index (χ0) is 24.3. The van der Waals surface area contributed by atoms with Crippen molar-refractivity contribution in [3.63, 3.8) is 0 Å². The first-order valence-corrected chi connectivity index (χ1v) is 13.3. The number of amides is 1. The lowest BCUT2D eigenvalue weighted by molar-refractivity contribution is 0.0949. The third-order valence-corrected chi connectivity index (χ3v) is 7.59. The van der Waals surface area contributed by atoms with E-state index in [-0.39, 0.29) is 10.8 Å². The van der Waals surface area contributed by atoms with Crippen LogP contribution in [0.3, 0.4) is 0 Å². The molecule has 2 aromatic carbocycles. The SMILES string of the molecule is CC(C)CNC(=O)c1cc(NS(=O)(=O)c2cccc3cccnc23)ccc1N1CCC(C)CC1. The van der Waals surface area contributed by atoms with Crippen LogP contribution in [0.25, 0.3) is 10.9 Å². The highest BCUT2D eigenvalue weighted by Crippen LogP contribution is 2.30. The third kappa shape index (κ3) is 5.33. The smallest absolute Gasteiger partial charge is 0.264 e. The van der Waals surface area contributed by atoms with Crippen LogP contribution in [0.1, 0.15) is 44.0 Å². The first-order chi connectivity index (χ1) is 16.2. The maximum absolute atomic E-state index is 13.3. The number of nitrogens with one attached hydrogen (secondary N) is 2. The molecule has 1 aliphatic rings. The van der Waals surface area contributed by atoms with Crippen molar-refractivity contribution in [2.75, 3.05) is 29.3 Å². The summed E-state index contributed by atoms with van der Waals surface area (Å²) in [6.07, 6.45) is 3.71. The van der Waals surface area contributed by atoms with Crippen molar-refractivity contribution in [2.24, 2.45) is 11.8 Å². The Kier molecular flexibility index (Phi) is 7.07. The van der Waals surface area contributed by atoms with Gasteiger partial charge in [0, 0.05) is 42.6 Å². The number of benzene rings is 2. The molecular formula is C26H32N4O3S. The van der Waals surface area contributed by atoms with Crippen LogP contribution in [0, 0.1) is 11.8 Å². The molecule has 3 aromatic rings. The Bertz CT molecular complexity index is 1280. The van der Waals surface area contributed by atoms with E-state index in [9.17, 15) is 13.2 Å². The van der Waals surface area contributed by atoms with Crippen LogP contribution in [0.15, 0.2) is 59.6 Å². The Morgan fingerprint density at radius 3 is 2.59 bits per heavy atom. The number of anilines is 2. The number of nitrogens with zero attached hydrogens (tertiary/aromatic N) is 2. The van der Waals surface area contributed by atoms with Crippen LogP contribution in [-0.2, 0) is 10.0 Å². The zero-order valence-corrected chi connectivity index (χ0v) is 20.7. The molecule has 1 amide bonds. The van der Waals surface area contributed by atoms with Crippen molar-refractivity contribution in [3.8, 4) is 0 Å². The van der Waals surface area contributed by atoms with Crippen molar-refractivity contribution in [1.29, 1.82) is 0 Å². The molecule has 1 aliphatic heterocycles. The van der Waals surface area contributed by atoms with Gasteiger partial charge in [0.25, 0.3) is 15.9 Å². The Balaban J connectivity index is 1.67. The van der Waals surface area contributed by atoms with Crippen molar-refractivity contribution in [2.45, 2.75) is 38.5 Å². The summed E-state index contributed by atoms with van der Waals surface area (Å²) in [5, 5.41) is 3.72. The molecule has 1 aromatic heterocycles. The third-order valence-electron chi connectivity index (χ3n) is 6.17. The van der Waals surface area contributed by atoms with Crippen LogP contribution in [-0.4, -0.2) is 38.9 Å². The predicted molar refractivity (Wildman–Crippen MR) is 137 cm³/mol. The molecule has 0 unspecified atom stereocenters. The Labute approximate surface area is 201 Å². The van der Waals surface area contributed by atoms with Crippen molar-refractivity contribution in [3.05, 3.63) is 60.3 Å². The van der Waals surface area contributed by atoms with Gasteiger partial charge in [-0.1, -0.05) is 39.0 Å². The quantitative estimate of drug-likeness (QED) is 0.513. The first-order valence-electron chi connectivity index (χ1n) is 11.8. The lowest BCUT2D eigenvalue weighted by atomic mass is 9.98. The topological polar surface area (TPSA) is 91.4 Å². The first kappa shape index (κ1) is 24.0. The Hall–Kier alpha value is -3.13. The Morgan fingerprint density at radius 1 is 1.12 bits per heavy atom. The average Bonchev–Trinajstić information content (AvgIpc) is 2.82. The number of hydrogen-bond donors (Lipinski definition) is 2. The van der Waals surface area contributed by atoms with E-state index in [4.69, 9.17) is 0 Å². The molecule has 7 nitrogen and oxygen atoms in total. The second-order valence-electron chi connectivity index (χ2n) is 9.44. The summed E-state index contributed by atoms with van der Waals surface area (Å²) in [5.41, 5.74) is 2.07. The molecule has 0 saturated carbocycles. The highest BCUT2D eigenvalue weighted by molar-refractivity contribution is 7.93. The van der Waals surface area contributed by atoms with Gasteiger partial charge < -0.3 is 10.2 Å². The molecule has 1 fully saturated rings. The minimum atomic E-state index is -3.91. The van der Waals surface area contributed by atoms with Crippen LogP contribution >= 0.6 is 0 Å². The van der Waals surface area contributed by atoms with Gasteiger partial charge in [0.15, 0.2) is 0 Å². The highest BCUT2D eigenvalue weighted by atomic mass is 32.2. The van der Waals surface area contributed by atoms with Gasteiger partial charge in [-0.05, 0) is 55.0 Å². The molecule has 0 bridgehead atoms. The molecule has 0 aliphatic carbocycles.